The van der Waals surface area contributed by atoms with Gasteiger partial charge in [-0.1, -0.05) is 0 Å². The fraction of sp³-hybridized carbons (Fsp3) is 0.500. The van der Waals surface area contributed by atoms with Crippen molar-refractivity contribution in [2.45, 2.75) is 56.5 Å². The molecule has 1 aliphatic carbocycles. The molecule has 1 amide bonds. The minimum Gasteiger partial charge on any atom is -0.490 e. The minimum atomic E-state index is 0.105. The lowest BCUT2D eigenvalue weighted by molar-refractivity contribution is 0.0713. The number of likely N-dealkylation sites (tertiary alicyclic amines) is 1. The van der Waals surface area contributed by atoms with Gasteiger partial charge in [0.2, 0.25) is 0 Å². The minimum absolute atomic E-state index is 0.105. The van der Waals surface area contributed by atoms with Gasteiger partial charge in [0, 0.05) is 44.0 Å². The molecule has 2 saturated heterocycles. The first-order valence-corrected chi connectivity index (χ1v) is 12.2. The molecule has 0 unspecified atom stereocenters. The molecule has 0 bridgehead atoms. The highest BCUT2D eigenvalue weighted by Gasteiger charge is 2.28. The summed E-state index contributed by atoms with van der Waals surface area (Å²) < 4.78 is 11.3. The highest BCUT2D eigenvalue weighted by Crippen LogP contribution is 2.34. The number of nitrogens with zero attached hydrogens (tertiary/aromatic N) is 3. The number of H-pyrrole nitrogens is 1. The van der Waals surface area contributed by atoms with Crippen molar-refractivity contribution < 1.29 is 14.3 Å². The van der Waals surface area contributed by atoms with Crippen LogP contribution in [0.5, 0.6) is 5.75 Å². The largest absolute Gasteiger partial charge is 0.490 e. The van der Waals surface area contributed by atoms with Crippen LogP contribution in [0.1, 0.15) is 72.1 Å². The molecule has 2 aliphatic heterocycles. The van der Waals surface area contributed by atoms with E-state index in [2.05, 4.69) is 16.0 Å². The summed E-state index contributed by atoms with van der Waals surface area (Å²) in [6, 6.07) is 9.72. The molecule has 3 aromatic rings. The van der Waals surface area contributed by atoms with Crippen LogP contribution < -0.4 is 4.74 Å². The lowest BCUT2D eigenvalue weighted by atomic mass is 9.89. The van der Waals surface area contributed by atoms with Crippen LogP contribution in [0, 0.1) is 0 Å². The van der Waals surface area contributed by atoms with E-state index in [1.165, 1.54) is 5.56 Å². The second-order valence-corrected chi connectivity index (χ2v) is 9.51. The first kappa shape index (κ1) is 20.7. The number of amides is 1. The standard InChI is InChI=1S/C26H30N4O3/c31-26(19-1-3-20(4-2-19)33-21-5-6-21)30-13-8-17(9-14-30)22-7-12-27-25-23(22)28-24(29-25)18-10-15-32-16-11-18/h1-4,7,12,17-18,21H,5-6,8-11,13-16H2,(H,27,28,29). The summed E-state index contributed by atoms with van der Waals surface area (Å²) in [6.07, 6.45) is 8.40. The number of aromatic nitrogens is 3. The molecule has 0 spiro atoms. The van der Waals surface area contributed by atoms with Crippen LogP contribution in [0.3, 0.4) is 0 Å². The fourth-order valence-corrected chi connectivity index (χ4v) is 5.07. The number of ether oxygens (including phenoxy) is 2. The number of hydrogen-bond acceptors (Lipinski definition) is 5. The van der Waals surface area contributed by atoms with Crippen LogP contribution in [-0.4, -0.2) is 58.2 Å². The van der Waals surface area contributed by atoms with Gasteiger partial charge >= 0.3 is 0 Å². The quantitative estimate of drug-likeness (QED) is 0.628. The molecule has 3 fully saturated rings. The van der Waals surface area contributed by atoms with E-state index in [1.807, 2.05) is 35.4 Å². The number of hydrogen-bond donors (Lipinski definition) is 1. The maximum atomic E-state index is 13.0. The molecule has 6 rings (SSSR count). The van der Waals surface area contributed by atoms with Crippen molar-refractivity contribution in [3.05, 3.63) is 53.5 Å². The maximum Gasteiger partial charge on any atom is 0.253 e. The molecule has 7 nitrogen and oxygen atoms in total. The van der Waals surface area contributed by atoms with E-state index >= 15 is 0 Å². The summed E-state index contributed by atoms with van der Waals surface area (Å²) in [4.78, 5) is 28.0. The van der Waals surface area contributed by atoms with Gasteiger partial charge in [0.25, 0.3) is 5.91 Å². The summed E-state index contributed by atoms with van der Waals surface area (Å²) in [6.45, 7) is 3.10. The average Bonchev–Trinajstić information content (AvgIpc) is 3.58. The van der Waals surface area contributed by atoms with Gasteiger partial charge in [-0.15, -0.1) is 0 Å². The van der Waals surface area contributed by atoms with E-state index in [9.17, 15) is 4.79 Å². The molecule has 33 heavy (non-hydrogen) atoms. The second-order valence-electron chi connectivity index (χ2n) is 9.51. The average molecular weight is 447 g/mol. The number of pyridine rings is 1. The Morgan fingerprint density at radius 1 is 0.970 bits per heavy atom. The molecule has 1 N–H and O–H groups in total. The third kappa shape index (κ3) is 4.34. The van der Waals surface area contributed by atoms with Crippen molar-refractivity contribution in [1.82, 2.24) is 19.9 Å². The number of carbonyl (C=O) groups is 1. The number of fused-ring (bicyclic) bond motifs is 1. The predicted molar refractivity (Wildman–Crippen MR) is 125 cm³/mol. The maximum absolute atomic E-state index is 13.0. The van der Waals surface area contributed by atoms with Crippen LogP contribution in [-0.2, 0) is 4.74 Å². The molecular weight excluding hydrogens is 416 g/mol. The SMILES string of the molecule is O=C(c1ccc(OC2CC2)cc1)N1CCC(c2ccnc3[nH]c(C4CCOCC4)nc23)CC1. The van der Waals surface area contributed by atoms with E-state index in [4.69, 9.17) is 14.5 Å². The zero-order valence-corrected chi connectivity index (χ0v) is 18.8. The number of piperidine rings is 1. The third-order valence-electron chi connectivity index (χ3n) is 7.19. The molecule has 0 atom stereocenters. The van der Waals surface area contributed by atoms with Crippen molar-refractivity contribution >= 4 is 17.1 Å². The van der Waals surface area contributed by atoms with Gasteiger partial charge in [-0.05, 0) is 80.3 Å². The summed E-state index contributed by atoms with van der Waals surface area (Å²) in [5, 5.41) is 0. The van der Waals surface area contributed by atoms with E-state index in [0.29, 0.717) is 17.9 Å². The second kappa shape index (κ2) is 8.78. The van der Waals surface area contributed by atoms with Crippen LogP contribution >= 0.6 is 0 Å². The highest BCUT2D eigenvalue weighted by molar-refractivity contribution is 5.94. The lowest BCUT2D eigenvalue weighted by Gasteiger charge is -2.32. The predicted octanol–water partition coefficient (Wildman–Crippen LogP) is 4.41. The number of rotatable bonds is 5. The first-order valence-electron chi connectivity index (χ1n) is 12.2. The number of benzene rings is 1. The Bertz CT molecular complexity index is 1120. The smallest absolute Gasteiger partial charge is 0.253 e. The third-order valence-corrected chi connectivity index (χ3v) is 7.19. The fourth-order valence-electron chi connectivity index (χ4n) is 5.07. The number of imidazole rings is 1. The van der Waals surface area contributed by atoms with E-state index in [-0.39, 0.29) is 5.91 Å². The molecule has 3 aliphatic rings. The molecule has 0 radical (unpaired) electrons. The van der Waals surface area contributed by atoms with Crippen molar-refractivity contribution in [3.63, 3.8) is 0 Å². The summed E-state index contributed by atoms with van der Waals surface area (Å²) in [5.74, 6) is 2.80. The van der Waals surface area contributed by atoms with E-state index < -0.39 is 0 Å². The van der Waals surface area contributed by atoms with Crippen LogP contribution in [0.2, 0.25) is 0 Å². The first-order chi connectivity index (χ1) is 16.2. The van der Waals surface area contributed by atoms with Gasteiger partial charge in [0.15, 0.2) is 5.65 Å². The molecule has 7 heteroatoms. The van der Waals surface area contributed by atoms with Crippen molar-refractivity contribution in [2.75, 3.05) is 26.3 Å². The van der Waals surface area contributed by atoms with Gasteiger partial charge in [-0.3, -0.25) is 4.79 Å². The van der Waals surface area contributed by atoms with Crippen molar-refractivity contribution in [1.29, 1.82) is 0 Å². The molecular formula is C26H30N4O3. The Kier molecular flexibility index (Phi) is 5.50. The Morgan fingerprint density at radius 3 is 2.45 bits per heavy atom. The number of nitrogens with one attached hydrogen (secondary N) is 1. The normalized spacial score (nSPS) is 20.3. The van der Waals surface area contributed by atoms with Crippen LogP contribution in [0.15, 0.2) is 36.5 Å². The molecule has 1 saturated carbocycles. The van der Waals surface area contributed by atoms with Crippen LogP contribution in [0.4, 0.5) is 0 Å². The van der Waals surface area contributed by atoms with Crippen LogP contribution in [0.25, 0.3) is 11.2 Å². The monoisotopic (exact) mass is 446 g/mol. The lowest BCUT2D eigenvalue weighted by Crippen LogP contribution is -2.37. The molecule has 2 aromatic heterocycles. The molecule has 1 aromatic carbocycles. The topological polar surface area (TPSA) is 80.3 Å². The Morgan fingerprint density at radius 2 is 1.73 bits per heavy atom. The van der Waals surface area contributed by atoms with Crippen molar-refractivity contribution in [2.24, 2.45) is 0 Å². The van der Waals surface area contributed by atoms with E-state index in [0.717, 1.165) is 93.1 Å². The zero-order valence-electron chi connectivity index (χ0n) is 18.8. The van der Waals surface area contributed by atoms with E-state index in [1.54, 1.807) is 0 Å². The Balaban J connectivity index is 1.13. The number of carbonyl (C=O) groups excluding carboxylic acids is 1. The van der Waals surface area contributed by atoms with Gasteiger partial charge in [0.05, 0.1) is 6.10 Å². The van der Waals surface area contributed by atoms with Gasteiger partial charge in [0.1, 0.15) is 17.1 Å². The van der Waals surface area contributed by atoms with Gasteiger partial charge < -0.3 is 19.4 Å². The summed E-state index contributed by atoms with van der Waals surface area (Å²) >= 11 is 0. The Labute approximate surface area is 193 Å². The summed E-state index contributed by atoms with van der Waals surface area (Å²) in [5.41, 5.74) is 3.86. The highest BCUT2D eigenvalue weighted by atomic mass is 16.5. The number of aromatic amines is 1. The van der Waals surface area contributed by atoms with Gasteiger partial charge in [-0.25, -0.2) is 9.97 Å². The van der Waals surface area contributed by atoms with Crippen molar-refractivity contribution in [3.8, 4) is 5.75 Å². The Hall–Kier alpha value is -2.93. The van der Waals surface area contributed by atoms with Gasteiger partial charge in [-0.2, -0.15) is 0 Å². The zero-order chi connectivity index (χ0) is 22.2. The summed E-state index contributed by atoms with van der Waals surface area (Å²) in [7, 11) is 0. The molecule has 4 heterocycles. The molecule has 172 valence electrons.